The van der Waals surface area contributed by atoms with Gasteiger partial charge in [-0.15, -0.1) is 0 Å². The van der Waals surface area contributed by atoms with Gasteiger partial charge >= 0.3 is 0 Å². The van der Waals surface area contributed by atoms with Gasteiger partial charge in [-0.1, -0.05) is 107 Å². The SMILES string of the molecule is CCCCCCCCOc1cccc(C=CC(=S)c2ccc(CCC)cc2)c1. The molecule has 0 amide bonds. The van der Waals surface area contributed by atoms with Crippen LogP contribution in [0.15, 0.2) is 54.6 Å². The van der Waals surface area contributed by atoms with Gasteiger partial charge in [0.25, 0.3) is 0 Å². The molecule has 0 N–H and O–H groups in total. The largest absolute Gasteiger partial charge is 0.494 e. The first-order chi connectivity index (χ1) is 13.7. The van der Waals surface area contributed by atoms with Crippen LogP contribution in [0.25, 0.3) is 6.08 Å². The van der Waals surface area contributed by atoms with Crippen molar-refractivity contribution in [3.8, 4) is 5.75 Å². The Kier molecular flexibility index (Phi) is 10.6. The van der Waals surface area contributed by atoms with E-state index in [4.69, 9.17) is 17.0 Å². The van der Waals surface area contributed by atoms with E-state index in [-0.39, 0.29) is 0 Å². The first-order valence-electron chi connectivity index (χ1n) is 10.8. The smallest absolute Gasteiger partial charge is 0.119 e. The number of hydrogen-bond donors (Lipinski definition) is 0. The second-order valence-electron chi connectivity index (χ2n) is 7.33. The summed E-state index contributed by atoms with van der Waals surface area (Å²) in [5.74, 6) is 0.936. The third-order valence-corrected chi connectivity index (χ3v) is 5.20. The Morgan fingerprint density at radius 1 is 0.893 bits per heavy atom. The van der Waals surface area contributed by atoms with E-state index in [0.29, 0.717) is 0 Å². The Bertz CT molecular complexity index is 730. The topological polar surface area (TPSA) is 9.23 Å². The third kappa shape index (κ3) is 8.39. The van der Waals surface area contributed by atoms with Gasteiger partial charge in [0.2, 0.25) is 0 Å². The maximum absolute atomic E-state index is 5.91. The molecule has 150 valence electrons. The van der Waals surface area contributed by atoms with Gasteiger partial charge in [-0.3, -0.25) is 0 Å². The minimum Gasteiger partial charge on any atom is -0.494 e. The number of ether oxygens (including phenoxy) is 1. The second kappa shape index (κ2) is 13.3. The van der Waals surface area contributed by atoms with Gasteiger partial charge in [-0.2, -0.15) is 0 Å². The van der Waals surface area contributed by atoms with E-state index in [1.54, 1.807) is 0 Å². The van der Waals surface area contributed by atoms with Crippen molar-refractivity contribution in [3.05, 3.63) is 71.3 Å². The van der Waals surface area contributed by atoms with Gasteiger partial charge in [0.05, 0.1) is 6.61 Å². The van der Waals surface area contributed by atoms with E-state index in [0.717, 1.165) is 41.2 Å². The summed E-state index contributed by atoms with van der Waals surface area (Å²) in [6.07, 6.45) is 14.1. The molecule has 2 aromatic carbocycles. The van der Waals surface area contributed by atoms with Crippen LogP contribution in [0.5, 0.6) is 5.75 Å². The fourth-order valence-corrected chi connectivity index (χ4v) is 3.38. The Morgan fingerprint density at radius 2 is 1.64 bits per heavy atom. The Hall–Kier alpha value is -1.93. The molecule has 2 rings (SSSR count). The Balaban J connectivity index is 1.81. The van der Waals surface area contributed by atoms with Crippen molar-refractivity contribution in [3.63, 3.8) is 0 Å². The number of allylic oxidation sites excluding steroid dienone is 1. The van der Waals surface area contributed by atoms with Crippen molar-refractivity contribution < 1.29 is 4.74 Å². The third-order valence-electron chi connectivity index (χ3n) is 4.83. The molecule has 0 aliphatic heterocycles. The highest BCUT2D eigenvalue weighted by atomic mass is 32.1. The molecular weight excluding hydrogens is 360 g/mol. The quantitative estimate of drug-likeness (QED) is 0.148. The maximum Gasteiger partial charge on any atom is 0.119 e. The summed E-state index contributed by atoms with van der Waals surface area (Å²) in [5, 5.41) is 0. The van der Waals surface area contributed by atoms with Gasteiger partial charge in [-0.05, 0) is 47.7 Å². The molecule has 0 spiro atoms. The van der Waals surface area contributed by atoms with Crippen LogP contribution < -0.4 is 4.74 Å². The van der Waals surface area contributed by atoms with Gasteiger partial charge < -0.3 is 4.74 Å². The number of hydrogen-bond acceptors (Lipinski definition) is 2. The number of rotatable bonds is 13. The molecule has 28 heavy (non-hydrogen) atoms. The predicted octanol–water partition coefficient (Wildman–Crippen LogP) is 7.81. The maximum atomic E-state index is 5.91. The fraction of sp³-hybridized carbons (Fsp3) is 0.423. The molecular formula is C26H34OS. The highest BCUT2D eigenvalue weighted by Gasteiger charge is 1.99. The molecule has 0 fully saturated rings. The first-order valence-corrected chi connectivity index (χ1v) is 11.2. The van der Waals surface area contributed by atoms with Gasteiger partial charge in [0.15, 0.2) is 0 Å². The van der Waals surface area contributed by atoms with Crippen molar-refractivity contribution in [1.29, 1.82) is 0 Å². The van der Waals surface area contributed by atoms with Crippen LogP contribution in [0.4, 0.5) is 0 Å². The summed E-state index contributed by atoms with van der Waals surface area (Å²) < 4.78 is 5.91. The normalized spacial score (nSPS) is 11.1. The van der Waals surface area contributed by atoms with Crippen LogP contribution in [0, 0.1) is 0 Å². The van der Waals surface area contributed by atoms with Crippen LogP contribution >= 0.6 is 12.2 Å². The number of unbranched alkanes of at least 4 members (excludes halogenated alkanes) is 5. The molecule has 0 unspecified atom stereocenters. The predicted molar refractivity (Wildman–Crippen MR) is 126 cm³/mol. The lowest BCUT2D eigenvalue weighted by atomic mass is 10.1. The zero-order valence-corrected chi connectivity index (χ0v) is 18.3. The number of thiocarbonyl (C=S) groups is 1. The molecule has 0 aromatic heterocycles. The number of aryl methyl sites for hydroxylation is 1. The number of benzene rings is 2. The molecule has 1 nitrogen and oxygen atoms in total. The minimum absolute atomic E-state index is 0.793. The molecule has 0 atom stereocenters. The summed E-state index contributed by atoms with van der Waals surface area (Å²) >= 11 is 5.57. The van der Waals surface area contributed by atoms with Crippen molar-refractivity contribution in [2.75, 3.05) is 6.61 Å². The molecule has 0 heterocycles. The molecule has 0 aliphatic rings. The first kappa shape index (κ1) is 22.4. The van der Waals surface area contributed by atoms with Gasteiger partial charge in [-0.25, -0.2) is 0 Å². The summed E-state index contributed by atoms with van der Waals surface area (Å²) in [4.78, 5) is 0.862. The summed E-state index contributed by atoms with van der Waals surface area (Å²) in [6.45, 7) is 5.25. The molecule has 0 saturated heterocycles. The average molecular weight is 395 g/mol. The standard InChI is InChI=1S/C26H34OS/c1-3-5-6-7-8-9-20-27-25-13-10-12-23(21-25)16-19-26(28)24-17-14-22(11-4-2)15-18-24/h10,12-19,21H,3-9,11,20H2,1-2H3. The zero-order valence-electron chi connectivity index (χ0n) is 17.5. The summed E-state index contributed by atoms with van der Waals surface area (Å²) in [7, 11) is 0. The highest BCUT2D eigenvalue weighted by Crippen LogP contribution is 2.16. The second-order valence-corrected chi connectivity index (χ2v) is 7.77. The summed E-state index contributed by atoms with van der Waals surface area (Å²) in [6, 6.07) is 16.8. The summed E-state index contributed by atoms with van der Waals surface area (Å²) in [5.41, 5.74) is 3.58. The van der Waals surface area contributed by atoms with Gasteiger partial charge in [0.1, 0.15) is 5.75 Å². The van der Waals surface area contributed by atoms with Crippen molar-refractivity contribution >= 4 is 23.2 Å². The molecule has 2 heteroatoms. The van der Waals surface area contributed by atoms with Crippen molar-refractivity contribution in [2.45, 2.75) is 65.2 Å². The Labute approximate surface area is 176 Å². The van der Waals surface area contributed by atoms with Crippen LogP contribution in [0.3, 0.4) is 0 Å². The van der Waals surface area contributed by atoms with Crippen LogP contribution in [-0.4, -0.2) is 11.5 Å². The van der Waals surface area contributed by atoms with E-state index in [2.05, 4.69) is 56.3 Å². The monoisotopic (exact) mass is 394 g/mol. The molecule has 2 aromatic rings. The molecule has 0 radical (unpaired) electrons. The van der Waals surface area contributed by atoms with Crippen LogP contribution in [0.1, 0.15) is 75.5 Å². The lowest BCUT2D eigenvalue weighted by Gasteiger charge is -2.07. The lowest BCUT2D eigenvalue weighted by Crippen LogP contribution is -1.97. The van der Waals surface area contributed by atoms with Crippen LogP contribution in [0.2, 0.25) is 0 Å². The van der Waals surface area contributed by atoms with Crippen molar-refractivity contribution in [1.82, 2.24) is 0 Å². The Morgan fingerprint density at radius 3 is 2.39 bits per heavy atom. The average Bonchev–Trinajstić information content (AvgIpc) is 2.72. The molecule has 0 saturated carbocycles. The highest BCUT2D eigenvalue weighted by molar-refractivity contribution is 7.81. The van der Waals surface area contributed by atoms with E-state index in [1.165, 1.54) is 44.1 Å². The van der Waals surface area contributed by atoms with E-state index in [1.807, 2.05) is 18.2 Å². The van der Waals surface area contributed by atoms with E-state index >= 15 is 0 Å². The van der Waals surface area contributed by atoms with Gasteiger partial charge in [0, 0.05) is 4.86 Å². The minimum atomic E-state index is 0.793. The van der Waals surface area contributed by atoms with Crippen molar-refractivity contribution in [2.24, 2.45) is 0 Å². The molecule has 0 bridgehead atoms. The molecule has 0 aliphatic carbocycles. The van der Waals surface area contributed by atoms with E-state index in [9.17, 15) is 0 Å². The fourth-order valence-electron chi connectivity index (χ4n) is 3.17. The van der Waals surface area contributed by atoms with E-state index < -0.39 is 0 Å². The van der Waals surface area contributed by atoms with Crippen LogP contribution in [-0.2, 0) is 6.42 Å². The lowest BCUT2D eigenvalue weighted by molar-refractivity contribution is 0.304. The zero-order chi connectivity index (χ0) is 20.0.